The quantitative estimate of drug-likeness (QED) is 0.677. The molecular formula is C16H19N3O2. The fourth-order valence-corrected chi connectivity index (χ4v) is 1.97. The molecule has 1 aromatic carbocycles. The first-order chi connectivity index (χ1) is 10.1. The average Bonchev–Trinajstić information content (AvgIpc) is 2.81. The number of hydrogen-bond acceptors (Lipinski definition) is 4. The summed E-state index contributed by atoms with van der Waals surface area (Å²) in [5.74, 6) is -0.351. The number of para-hydroxylation sites is 1. The standard InChI is InChI=1S/C16H19N3O2/c1-4-21-16(20)10-12(2)18-15-11-17-19(13(15)3)14-8-6-5-7-9-14/h5-11,18H,4H2,1-3H3/b12-10-. The third-order valence-electron chi connectivity index (χ3n) is 2.96. The number of hydrogen-bond donors (Lipinski definition) is 1. The smallest absolute Gasteiger partial charge is 0.332 e. The molecule has 0 atom stereocenters. The van der Waals surface area contributed by atoms with Crippen LogP contribution in [0.3, 0.4) is 0 Å². The Morgan fingerprint density at radius 1 is 1.38 bits per heavy atom. The minimum absolute atomic E-state index is 0.351. The summed E-state index contributed by atoms with van der Waals surface area (Å²) in [7, 11) is 0. The number of nitrogens with one attached hydrogen (secondary N) is 1. The zero-order chi connectivity index (χ0) is 15.2. The Kier molecular flexibility index (Phi) is 4.77. The van der Waals surface area contributed by atoms with Crippen molar-refractivity contribution in [3.8, 4) is 5.69 Å². The molecule has 0 aliphatic rings. The van der Waals surface area contributed by atoms with Crippen LogP contribution in [0.25, 0.3) is 5.69 Å². The van der Waals surface area contributed by atoms with Gasteiger partial charge in [-0.2, -0.15) is 5.10 Å². The Morgan fingerprint density at radius 3 is 2.76 bits per heavy atom. The highest BCUT2D eigenvalue weighted by molar-refractivity contribution is 5.83. The number of esters is 1. The summed E-state index contributed by atoms with van der Waals surface area (Å²) < 4.78 is 6.73. The number of aromatic nitrogens is 2. The summed E-state index contributed by atoms with van der Waals surface area (Å²) in [5, 5.41) is 7.53. The van der Waals surface area contributed by atoms with Crippen LogP contribution < -0.4 is 5.32 Å². The van der Waals surface area contributed by atoms with E-state index in [0.29, 0.717) is 12.3 Å². The number of ether oxygens (including phenoxy) is 1. The Hall–Kier alpha value is -2.56. The number of anilines is 1. The molecule has 0 fully saturated rings. The van der Waals surface area contributed by atoms with E-state index in [0.717, 1.165) is 17.1 Å². The summed E-state index contributed by atoms with van der Waals surface area (Å²) in [4.78, 5) is 11.4. The molecule has 21 heavy (non-hydrogen) atoms. The third kappa shape index (κ3) is 3.72. The lowest BCUT2D eigenvalue weighted by Gasteiger charge is -2.07. The molecule has 2 rings (SSSR count). The van der Waals surface area contributed by atoms with Crippen LogP contribution in [0.1, 0.15) is 19.5 Å². The van der Waals surface area contributed by atoms with Gasteiger partial charge in [0.15, 0.2) is 0 Å². The molecule has 0 aliphatic heterocycles. The summed E-state index contributed by atoms with van der Waals surface area (Å²) in [6.07, 6.45) is 3.17. The number of carbonyl (C=O) groups is 1. The minimum atomic E-state index is -0.351. The highest BCUT2D eigenvalue weighted by atomic mass is 16.5. The van der Waals surface area contributed by atoms with Crippen molar-refractivity contribution in [1.82, 2.24) is 9.78 Å². The van der Waals surface area contributed by atoms with Gasteiger partial charge in [0.05, 0.1) is 29.9 Å². The van der Waals surface area contributed by atoms with Crippen LogP contribution in [0.5, 0.6) is 0 Å². The van der Waals surface area contributed by atoms with Gasteiger partial charge in [0.2, 0.25) is 0 Å². The number of rotatable bonds is 5. The highest BCUT2D eigenvalue weighted by Crippen LogP contribution is 2.19. The molecule has 0 aliphatic carbocycles. The van der Waals surface area contributed by atoms with E-state index in [9.17, 15) is 4.79 Å². The first-order valence-corrected chi connectivity index (χ1v) is 6.84. The van der Waals surface area contributed by atoms with Gasteiger partial charge in [-0.25, -0.2) is 9.48 Å². The van der Waals surface area contributed by atoms with Gasteiger partial charge in [-0.3, -0.25) is 0 Å². The van der Waals surface area contributed by atoms with Crippen molar-refractivity contribution in [3.05, 3.63) is 54.0 Å². The van der Waals surface area contributed by atoms with Gasteiger partial charge in [0, 0.05) is 11.8 Å². The van der Waals surface area contributed by atoms with Crippen LogP contribution in [-0.4, -0.2) is 22.4 Å². The highest BCUT2D eigenvalue weighted by Gasteiger charge is 2.08. The van der Waals surface area contributed by atoms with Crippen LogP contribution in [0, 0.1) is 6.92 Å². The van der Waals surface area contributed by atoms with E-state index in [-0.39, 0.29) is 5.97 Å². The molecule has 1 heterocycles. The fraction of sp³-hybridized carbons (Fsp3) is 0.250. The molecule has 0 saturated carbocycles. The van der Waals surface area contributed by atoms with Crippen LogP contribution >= 0.6 is 0 Å². The van der Waals surface area contributed by atoms with Gasteiger partial charge in [0.1, 0.15) is 0 Å². The van der Waals surface area contributed by atoms with E-state index < -0.39 is 0 Å². The normalized spacial score (nSPS) is 11.3. The molecule has 1 N–H and O–H groups in total. The van der Waals surface area contributed by atoms with Gasteiger partial charge in [-0.1, -0.05) is 18.2 Å². The molecule has 0 spiro atoms. The van der Waals surface area contributed by atoms with Crippen LogP contribution in [0.2, 0.25) is 0 Å². The van der Waals surface area contributed by atoms with Crippen molar-refractivity contribution in [2.24, 2.45) is 0 Å². The van der Waals surface area contributed by atoms with Crippen LogP contribution in [-0.2, 0) is 9.53 Å². The van der Waals surface area contributed by atoms with E-state index in [1.807, 2.05) is 48.9 Å². The maximum absolute atomic E-state index is 11.4. The first kappa shape index (κ1) is 14.8. The van der Waals surface area contributed by atoms with Crippen molar-refractivity contribution in [2.75, 3.05) is 11.9 Å². The van der Waals surface area contributed by atoms with Crippen molar-refractivity contribution >= 4 is 11.7 Å². The molecule has 0 saturated heterocycles. The summed E-state index contributed by atoms with van der Waals surface area (Å²) in [5.41, 5.74) is 3.54. The number of nitrogens with zero attached hydrogens (tertiary/aromatic N) is 2. The lowest BCUT2D eigenvalue weighted by molar-refractivity contribution is -0.137. The largest absolute Gasteiger partial charge is 0.463 e. The second-order valence-electron chi connectivity index (χ2n) is 4.60. The van der Waals surface area contributed by atoms with Crippen molar-refractivity contribution in [3.63, 3.8) is 0 Å². The molecule has 2 aromatic rings. The summed E-state index contributed by atoms with van der Waals surface area (Å²) >= 11 is 0. The second kappa shape index (κ2) is 6.74. The predicted molar refractivity (Wildman–Crippen MR) is 82.3 cm³/mol. The Bertz CT molecular complexity index is 645. The number of carbonyl (C=O) groups excluding carboxylic acids is 1. The summed E-state index contributed by atoms with van der Waals surface area (Å²) in [6.45, 7) is 5.94. The number of allylic oxidation sites excluding steroid dienone is 1. The summed E-state index contributed by atoms with van der Waals surface area (Å²) in [6, 6.07) is 9.88. The Balaban J connectivity index is 2.16. The van der Waals surface area contributed by atoms with Crippen LogP contribution in [0.15, 0.2) is 48.3 Å². The van der Waals surface area contributed by atoms with E-state index in [2.05, 4.69) is 10.4 Å². The molecule has 0 radical (unpaired) electrons. The van der Waals surface area contributed by atoms with Gasteiger partial charge in [0.25, 0.3) is 0 Å². The van der Waals surface area contributed by atoms with E-state index in [1.165, 1.54) is 6.08 Å². The van der Waals surface area contributed by atoms with Gasteiger partial charge in [-0.15, -0.1) is 0 Å². The molecule has 0 bridgehead atoms. The lowest BCUT2D eigenvalue weighted by Crippen LogP contribution is -2.05. The molecule has 0 unspecified atom stereocenters. The van der Waals surface area contributed by atoms with Crippen molar-refractivity contribution in [2.45, 2.75) is 20.8 Å². The predicted octanol–water partition coefficient (Wildman–Crippen LogP) is 3.06. The SMILES string of the molecule is CCOC(=O)/C=C(/C)Nc1cnn(-c2ccccc2)c1C. The molecule has 0 amide bonds. The second-order valence-corrected chi connectivity index (χ2v) is 4.60. The van der Waals surface area contributed by atoms with E-state index >= 15 is 0 Å². The van der Waals surface area contributed by atoms with E-state index in [4.69, 9.17) is 4.74 Å². The maximum Gasteiger partial charge on any atom is 0.332 e. The number of benzene rings is 1. The Morgan fingerprint density at radius 2 is 2.10 bits per heavy atom. The molecule has 110 valence electrons. The van der Waals surface area contributed by atoms with Crippen molar-refractivity contribution < 1.29 is 9.53 Å². The van der Waals surface area contributed by atoms with E-state index in [1.54, 1.807) is 13.1 Å². The average molecular weight is 285 g/mol. The van der Waals surface area contributed by atoms with Gasteiger partial charge in [-0.05, 0) is 32.9 Å². The molecule has 5 heteroatoms. The fourth-order valence-electron chi connectivity index (χ4n) is 1.97. The van der Waals surface area contributed by atoms with Gasteiger partial charge < -0.3 is 10.1 Å². The lowest BCUT2D eigenvalue weighted by atomic mass is 10.3. The monoisotopic (exact) mass is 285 g/mol. The first-order valence-electron chi connectivity index (χ1n) is 6.84. The van der Waals surface area contributed by atoms with Crippen LogP contribution in [0.4, 0.5) is 5.69 Å². The molecule has 5 nitrogen and oxygen atoms in total. The molecule has 1 aromatic heterocycles. The third-order valence-corrected chi connectivity index (χ3v) is 2.96. The maximum atomic E-state index is 11.4. The minimum Gasteiger partial charge on any atom is -0.463 e. The zero-order valence-electron chi connectivity index (χ0n) is 12.5. The Labute approximate surface area is 124 Å². The zero-order valence-corrected chi connectivity index (χ0v) is 12.5. The molecular weight excluding hydrogens is 266 g/mol. The van der Waals surface area contributed by atoms with Crippen molar-refractivity contribution in [1.29, 1.82) is 0 Å². The topological polar surface area (TPSA) is 56.1 Å². The van der Waals surface area contributed by atoms with Gasteiger partial charge >= 0.3 is 5.97 Å².